The van der Waals surface area contributed by atoms with Crippen LogP contribution in [-0.2, 0) is 4.74 Å². The molecule has 0 fully saturated rings. The van der Waals surface area contributed by atoms with E-state index in [1.54, 1.807) is 31.6 Å². The summed E-state index contributed by atoms with van der Waals surface area (Å²) >= 11 is 0. The van der Waals surface area contributed by atoms with Gasteiger partial charge in [0.25, 0.3) is 0 Å². The average Bonchev–Trinajstić information content (AvgIpc) is 2.52. The molecule has 6 heteroatoms. The average molecular weight is 313 g/mol. The minimum atomic E-state index is -1.16. The molecule has 2 aromatic heterocycles. The molecular weight excluding hydrogens is 294 g/mol. The van der Waals surface area contributed by atoms with Crippen LogP contribution in [0.4, 0.5) is 0 Å². The van der Waals surface area contributed by atoms with Crippen molar-refractivity contribution in [2.45, 2.75) is 32.7 Å². The first kappa shape index (κ1) is 16.9. The Bertz CT molecular complexity index is 733. The normalized spacial score (nSPS) is 12.5. The van der Waals surface area contributed by atoms with Crippen molar-refractivity contribution in [3.05, 3.63) is 41.9 Å². The van der Waals surface area contributed by atoms with Crippen molar-refractivity contribution in [1.82, 2.24) is 9.97 Å². The highest BCUT2D eigenvalue weighted by atomic mass is 16.6. The Morgan fingerprint density at radius 1 is 1.30 bits per heavy atom. The second-order valence-electron chi connectivity index (χ2n) is 5.94. The highest BCUT2D eigenvalue weighted by molar-refractivity contribution is 5.67. The van der Waals surface area contributed by atoms with Gasteiger partial charge in [-0.1, -0.05) is 0 Å². The van der Waals surface area contributed by atoms with Crippen LogP contribution < -0.4 is 4.74 Å². The zero-order valence-electron chi connectivity index (χ0n) is 13.6. The predicted molar refractivity (Wildman–Crippen MR) is 84.5 cm³/mol. The third-order valence-electron chi connectivity index (χ3n) is 2.99. The number of ether oxygens (including phenoxy) is 2. The van der Waals surface area contributed by atoms with Crippen molar-refractivity contribution in [3.8, 4) is 23.1 Å². The second kappa shape index (κ2) is 6.73. The third-order valence-corrected chi connectivity index (χ3v) is 2.99. The number of hydrogen-bond acceptors (Lipinski definition) is 6. The first-order valence-corrected chi connectivity index (χ1v) is 7.10. The third kappa shape index (κ3) is 4.25. The molecule has 0 aromatic carbocycles. The lowest BCUT2D eigenvalue weighted by atomic mass is 10.1. The van der Waals surface area contributed by atoms with Gasteiger partial charge in [0.05, 0.1) is 24.0 Å². The number of hydrogen-bond donors (Lipinski definition) is 1. The molecule has 2 aromatic rings. The van der Waals surface area contributed by atoms with Crippen LogP contribution in [0.15, 0.2) is 30.6 Å². The fraction of sp³-hybridized carbons (Fsp3) is 0.353. The standard InChI is InChI=1S/C17H19N3O3/c1-17(2,3)23-16(21)11-7-12(9-18)20-14(8-11)13-10-19-6-5-15(13)22-4/h5-8,10,16,21H,1-4H3. The van der Waals surface area contributed by atoms with Crippen molar-refractivity contribution in [3.63, 3.8) is 0 Å². The number of pyridine rings is 2. The summed E-state index contributed by atoms with van der Waals surface area (Å²) in [5, 5.41) is 19.5. The zero-order chi connectivity index (χ0) is 17.0. The van der Waals surface area contributed by atoms with E-state index in [-0.39, 0.29) is 5.69 Å². The van der Waals surface area contributed by atoms with Crippen LogP contribution in [-0.4, -0.2) is 27.8 Å². The molecule has 2 rings (SSSR count). The Balaban J connectivity index is 2.50. The van der Waals surface area contributed by atoms with Gasteiger partial charge < -0.3 is 14.6 Å². The van der Waals surface area contributed by atoms with E-state index in [2.05, 4.69) is 9.97 Å². The Morgan fingerprint density at radius 2 is 2.04 bits per heavy atom. The number of aliphatic hydroxyl groups is 1. The molecule has 0 saturated carbocycles. The van der Waals surface area contributed by atoms with Gasteiger partial charge in [-0.25, -0.2) is 4.98 Å². The molecule has 0 bridgehead atoms. The van der Waals surface area contributed by atoms with E-state index in [4.69, 9.17) is 9.47 Å². The van der Waals surface area contributed by atoms with Gasteiger partial charge in [-0.2, -0.15) is 5.26 Å². The summed E-state index contributed by atoms with van der Waals surface area (Å²) in [7, 11) is 1.55. The summed E-state index contributed by atoms with van der Waals surface area (Å²) in [4.78, 5) is 8.32. The number of methoxy groups -OCH3 is 1. The summed E-state index contributed by atoms with van der Waals surface area (Å²) in [6, 6.07) is 6.87. The summed E-state index contributed by atoms with van der Waals surface area (Å²) in [6.45, 7) is 5.52. The fourth-order valence-corrected chi connectivity index (χ4v) is 2.04. The van der Waals surface area contributed by atoms with Gasteiger partial charge in [0.1, 0.15) is 17.5 Å². The van der Waals surface area contributed by atoms with E-state index in [0.717, 1.165) is 0 Å². The first-order chi connectivity index (χ1) is 10.8. The SMILES string of the molecule is COc1ccncc1-c1cc(C(O)OC(C)(C)C)cc(C#N)n1. The van der Waals surface area contributed by atoms with Gasteiger partial charge >= 0.3 is 0 Å². The number of aliphatic hydroxyl groups excluding tert-OH is 1. The van der Waals surface area contributed by atoms with Crippen LogP contribution in [0, 0.1) is 11.3 Å². The van der Waals surface area contributed by atoms with E-state index in [0.29, 0.717) is 22.6 Å². The maximum Gasteiger partial charge on any atom is 0.181 e. The van der Waals surface area contributed by atoms with Crippen molar-refractivity contribution in [2.75, 3.05) is 7.11 Å². The van der Waals surface area contributed by atoms with Gasteiger partial charge in [0.15, 0.2) is 6.29 Å². The smallest absolute Gasteiger partial charge is 0.181 e. The van der Waals surface area contributed by atoms with E-state index in [1.807, 2.05) is 26.8 Å². The fourth-order valence-electron chi connectivity index (χ4n) is 2.04. The number of rotatable bonds is 4. The molecule has 23 heavy (non-hydrogen) atoms. The van der Waals surface area contributed by atoms with Crippen molar-refractivity contribution in [1.29, 1.82) is 5.26 Å². The number of aromatic nitrogens is 2. The molecule has 1 unspecified atom stereocenters. The molecule has 1 atom stereocenters. The van der Waals surface area contributed by atoms with Gasteiger partial charge in [-0.05, 0) is 39.0 Å². The molecule has 1 N–H and O–H groups in total. The molecule has 120 valence electrons. The molecule has 0 spiro atoms. The molecule has 0 saturated heterocycles. The molecular formula is C17H19N3O3. The van der Waals surface area contributed by atoms with Crippen LogP contribution in [0.5, 0.6) is 5.75 Å². The highest BCUT2D eigenvalue weighted by Gasteiger charge is 2.20. The summed E-state index contributed by atoms with van der Waals surface area (Å²) < 4.78 is 10.8. The zero-order valence-corrected chi connectivity index (χ0v) is 13.6. The van der Waals surface area contributed by atoms with Gasteiger partial charge in [-0.15, -0.1) is 0 Å². The van der Waals surface area contributed by atoms with E-state index >= 15 is 0 Å². The first-order valence-electron chi connectivity index (χ1n) is 7.10. The van der Waals surface area contributed by atoms with Crippen LogP contribution >= 0.6 is 0 Å². The molecule has 6 nitrogen and oxygen atoms in total. The van der Waals surface area contributed by atoms with Gasteiger partial charge in [-0.3, -0.25) is 4.98 Å². The van der Waals surface area contributed by atoms with Crippen LogP contribution in [0.2, 0.25) is 0 Å². The van der Waals surface area contributed by atoms with Crippen molar-refractivity contribution >= 4 is 0 Å². The largest absolute Gasteiger partial charge is 0.496 e. The quantitative estimate of drug-likeness (QED) is 0.873. The Hall–Kier alpha value is -2.49. The lowest BCUT2D eigenvalue weighted by Gasteiger charge is -2.24. The summed E-state index contributed by atoms with van der Waals surface area (Å²) in [5.74, 6) is 0.583. The van der Waals surface area contributed by atoms with Gasteiger partial charge in [0.2, 0.25) is 0 Å². The number of nitriles is 1. The molecule has 0 amide bonds. The molecule has 0 radical (unpaired) electrons. The maximum absolute atomic E-state index is 10.3. The Morgan fingerprint density at radius 3 is 2.65 bits per heavy atom. The van der Waals surface area contributed by atoms with Crippen LogP contribution in [0.3, 0.4) is 0 Å². The molecule has 0 aliphatic carbocycles. The van der Waals surface area contributed by atoms with Crippen molar-refractivity contribution < 1.29 is 14.6 Å². The van der Waals surface area contributed by atoms with Crippen LogP contribution in [0.1, 0.15) is 38.3 Å². The van der Waals surface area contributed by atoms with E-state index in [9.17, 15) is 10.4 Å². The minimum absolute atomic E-state index is 0.181. The predicted octanol–water partition coefficient (Wildman–Crippen LogP) is 2.83. The van der Waals surface area contributed by atoms with Crippen molar-refractivity contribution in [2.24, 2.45) is 0 Å². The second-order valence-corrected chi connectivity index (χ2v) is 5.94. The maximum atomic E-state index is 10.3. The Kier molecular flexibility index (Phi) is 4.94. The Labute approximate surface area is 135 Å². The lowest BCUT2D eigenvalue weighted by molar-refractivity contribution is -0.169. The summed E-state index contributed by atoms with van der Waals surface area (Å²) in [5.41, 5.74) is 1.23. The monoisotopic (exact) mass is 313 g/mol. The molecule has 0 aliphatic rings. The highest BCUT2D eigenvalue weighted by Crippen LogP contribution is 2.30. The topological polar surface area (TPSA) is 88.3 Å². The van der Waals surface area contributed by atoms with E-state index < -0.39 is 11.9 Å². The molecule has 2 heterocycles. The van der Waals surface area contributed by atoms with Crippen LogP contribution in [0.25, 0.3) is 11.3 Å². The van der Waals surface area contributed by atoms with Gasteiger partial charge in [0, 0.05) is 18.0 Å². The minimum Gasteiger partial charge on any atom is -0.496 e. The number of nitrogens with zero attached hydrogens (tertiary/aromatic N) is 3. The summed E-state index contributed by atoms with van der Waals surface area (Å²) in [6.07, 6.45) is 2.05. The lowest BCUT2D eigenvalue weighted by Crippen LogP contribution is -2.22. The molecule has 0 aliphatic heterocycles. The van der Waals surface area contributed by atoms with E-state index in [1.165, 1.54) is 6.07 Å².